The number of methoxy groups -OCH3 is 1. The van der Waals surface area contributed by atoms with Gasteiger partial charge in [-0.05, 0) is 18.2 Å². The lowest BCUT2D eigenvalue weighted by molar-refractivity contribution is -0.137. The fraction of sp³-hybridized carbons (Fsp3) is 0.357. The van der Waals surface area contributed by atoms with E-state index in [9.17, 15) is 13.2 Å². The maximum atomic E-state index is 12.9. The average molecular weight is 314 g/mol. The van der Waals surface area contributed by atoms with Crippen LogP contribution in [0.5, 0.6) is 5.75 Å². The molecule has 0 fully saturated rings. The molecule has 0 aliphatic carbocycles. The second-order valence-corrected chi connectivity index (χ2v) is 5.06. The molecular formula is C14H17F3N4O. The van der Waals surface area contributed by atoms with Crippen LogP contribution in [0.1, 0.15) is 11.1 Å². The lowest BCUT2D eigenvalue weighted by Gasteiger charge is -2.30. The van der Waals surface area contributed by atoms with Crippen LogP contribution in [0.25, 0.3) is 0 Å². The van der Waals surface area contributed by atoms with E-state index < -0.39 is 17.4 Å². The first-order valence-electron chi connectivity index (χ1n) is 6.42. The molecule has 0 aromatic heterocycles. The molecule has 5 nitrogen and oxygen atoms in total. The number of nitrogens with two attached hydrogens (primary N) is 1. The summed E-state index contributed by atoms with van der Waals surface area (Å²) in [7, 11) is 4.93. The molecule has 1 atom stereocenters. The van der Waals surface area contributed by atoms with Crippen LogP contribution in [0.15, 0.2) is 35.1 Å². The van der Waals surface area contributed by atoms with Crippen molar-refractivity contribution < 1.29 is 17.9 Å². The Balaban J connectivity index is 2.59. The molecule has 0 saturated heterocycles. The lowest BCUT2D eigenvalue weighted by Crippen LogP contribution is -2.41. The van der Waals surface area contributed by atoms with Gasteiger partial charge in [-0.2, -0.15) is 13.2 Å². The molecule has 2 rings (SSSR count). The van der Waals surface area contributed by atoms with Gasteiger partial charge in [-0.15, -0.1) is 0 Å². The highest BCUT2D eigenvalue weighted by molar-refractivity contribution is 5.62. The highest BCUT2D eigenvalue weighted by Gasteiger charge is 2.36. The molecule has 0 spiro atoms. The second-order valence-electron chi connectivity index (χ2n) is 5.06. The van der Waals surface area contributed by atoms with E-state index in [0.29, 0.717) is 5.82 Å². The van der Waals surface area contributed by atoms with Crippen LogP contribution in [0, 0.1) is 0 Å². The number of rotatable bonds is 3. The zero-order valence-corrected chi connectivity index (χ0v) is 12.4. The number of nitrogens with zero attached hydrogens (tertiary/aromatic N) is 2. The van der Waals surface area contributed by atoms with Gasteiger partial charge in [0, 0.05) is 25.7 Å². The van der Waals surface area contributed by atoms with Gasteiger partial charge in [-0.1, -0.05) is 0 Å². The van der Waals surface area contributed by atoms with Gasteiger partial charge in [0.05, 0.1) is 19.0 Å². The number of nitrogens with one attached hydrogen (secondary N) is 1. The predicted molar refractivity (Wildman–Crippen MR) is 77.3 cm³/mol. The normalized spacial score (nSPS) is 21.1. The number of benzene rings is 1. The van der Waals surface area contributed by atoms with Gasteiger partial charge >= 0.3 is 6.18 Å². The highest BCUT2D eigenvalue weighted by atomic mass is 19.4. The Labute approximate surface area is 126 Å². The van der Waals surface area contributed by atoms with E-state index in [-0.39, 0.29) is 11.3 Å². The van der Waals surface area contributed by atoms with Crippen LogP contribution in [-0.4, -0.2) is 32.4 Å². The number of hydrogen-bond donors (Lipinski definition) is 2. The molecule has 22 heavy (non-hydrogen) atoms. The molecule has 0 bridgehead atoms. The minimum atomic E-state index is -4.47. The number of alkyl halides is 3. The average Bonchev–Trinajstić information content (AvgIpc) is 2.45. The van der Waals surface area contributed by atoms with Crippen LogP contribution < -0.4 is 15.8 Å². The zero-order valence-electron chi connectivity index (χ0n) is 12.4. The first-order chi connectivity index (χ1) is 10.2. The summed E-state index contributed by atoms with van der Waals surface area (Å²) in [6.45, 7) is 0. The van der Waals surface area contributed by atoms with Gasteiger partial charge in [-0.3, -0.25) is 5.73 Å². The van der Waals surface area contributed by atoms with Crippen LogP contribution >= 0.6 is 0 Å². The third-order valence-corrected chi connectivity index (χ3v) is 3.29. The van der Waals surface area contributed by atoms with E-state index in [1.54, 1.807) is 25.1 Å². The maximum Gasteiger partial charge on any atom is 0.416 e. The Kier molecular flexibility index (Phi) is 4.06. The van der Waals surface area contributed by atoms with Crippen molar-refractivity contribution >= 4 is 6.34 Å². The Morgan fingerprint density at radius 3 is 2.55 bits per heavy atom. The van der Waals surface area contributed by atoms with Crippen molar-refractivity contribution in [3.63, 3.8) is 0 Å². The number of hydrogen-bond acceptors (Lipinski definition) is 5. The monoisotopic (exact) mass is 314 g/mol. The molecule has 8 heteroatoms. The van der Waals surface area contributed by atoms with Crippen molar-refractivity contribution in [1.29, 1.82) is 0 Å². The number of halogens is 3. The lowest BCUT2D eigenvalue weighted by atomic mass is 9.96. The topological polar surface area (TPSA) is 62.9 Å². The smallest absolute Gasteiger partial charge is 0.416 e. The molecule has 3 N–H and O–H groups in total. The highest BCUT2D eigenvalue weighted by Crippen LogP contribution is 2.37. The fourth-order valence-corrected chi connectivity index (χ4v) is 2.10. The van der Waals surface area contributed by atoms with E-state index in [2.05, 4.69) is 10.3 Å². The zero-order chi connectivity index (χ0) is 16.5. The van der Waals surface area contributed by atoms with Crippen LogP contribution in [0.2, 0.25) is 0 Å². The van der Waals surface area contributed by atoms with Crippen molar-refractivity contribution in [2.24, 2.45) is 10.7 Å². The van der Waals surface area contributed by atoms with Crippen LogP contribution in [0.3, 0.4) is 0 Å². The van der Waals surface area contributed by atoms with Gasteiger partial charge in [0.15, 0.2) is 5.66 Å². The molecule has 0 amide bonds. The van der Waals surface area contributed by atoms with E-state index in [0.717, 1.165) is 12.1 Å². The van der Waals surface area contributed by atoms with Crippen LogP contribution in [0.4, 0.5) is 13.2 Å². The minimum absolute atomic E-state index is 0.141. The standard InChI is InChI=1S/C14H17F3N4O/c1-21(2)12-7-13(18,20-8-19-12)10-6-9(14(15,16)17)4-5-11(10)22-3/h4-8H,18H2,1-3H3,(H,19,20). The molecule has 1 unspecified atom stereocenters. The molecule has 1 aromatic rings. The molecular weight excluding hydrogens is 297 g/mol. The van der Waals surface area contributed by atoms with Gasteiger partial charge in [0.1, 0.15) is 11.6 Å². The van der Waals surface area contributed by atoms with Gasteiger partial charge in [0.25, 0.3) is 0 Å². The van der Waals surface area contributed by atoms with E-state index in [1.165, 1.54) is 19.5 Å². The van der Waals surface area contributed by atoms with E-state index in [4.69, 9.17) is 10.5 Å². The fourth-order valence-electron chi connectivity index (χ4n) is 2.10. The molecule has 0 radical (unpaired) electrons. The first kappa shape index (κ1) is 16.2. The van der Waals surface area contributed by atoms with Crippen molar-refractivity contribution in [2.75, 3.05) is 21.2 Å². The summed E-state index contributed by atoms with van der Waals surface area (Å²) in [6.07, 6.45) is -1.57. The van der Waals surface area contributed by atoms with Crippen molar-refractivity contribution in [2.45, 2.75) is 11.8 Å². The third kappa shape index (κ3) is 3.01. The Hall–Kier alpha value is -2.22. The SMILES string of the molecule is COc1ccc(C(F)(F)F)cc1C1(N)C=C(N(C)C)NC=N1. The summed E-state index contributed by atoms with van der Waals surface area (Å²) in [5, 5.41) is 2.88. The van der Waals surface area contributed by atoms with Gasteiger partial charge < -0.3 is 15.0 Å². The minimum Gasteiger partial charge on any atom is -0.496 e. The molecule has 1 aliphatic rings. The van der Waals surface area contributed by atoms with Crippen molar-refractivity contribution in [1.82, 2.24) is 10.2 Å². The van der Waals surface area contributed by atoms with Crippen LogP contribution in [-0.2, 0) is 11.8 Å². The van der Waals surface area contributed by atoms with Gasteiger partial charge in [-0.25, -0.2) is 4.99 Å². The Morgan fingerprint density at radius 1 is 1.32 bits per heavy atom. The molecule has 120 valence electrons. The summed E-state index contributed by atoms with van der Waals surface area (Å²) in [6, 6.07) is 3.16. The second kappa shape index (κ2) is 5.53. The summed E-state index contributed by atoms with van der Waals surface area (Å²) >= 11 is 0. The van der Waals surface area contributed by atoms with E-state index in [1.807, 2.05) is 0 Å². The largest absolute Gasteiger partial charge is 0.496 e. The molecule has 1 heterocycles. The summed E-state index contributed by atoms with van der Waals surface area (Å²) in [5.74, 6) is 0.862. The molecule has 1 aliphatic heterocycles. The van der Waals surface area contributed by atoms with Crippen molar-refractivity contribution in [3.05, 3.63) is 41.2 Å². The molecule has 0 saturated carbocycles. The van der Waals surface area contributed by atoms with Gasteiger partial charge in [0.2, 0.25) is 0 Å². The van der Waals surface area contributed by atoms with E-state index >= 15 is 0 Å². The quantitative estimate of drug-likeness (QED) is 0.894. The first-order valence-corrected chi connectivity index (χ1v) is 6.42. The predicted octanol–water partition coefficient (Wildman–Crippen LogP) is 1.86. The number of ether oxygens (including phenoxy) is 1. The van der Waals surface area contributed by atoms with Crippen molar-refractivity contribution in [3.8, 4) is 5.75 Å². The molecule has 1 aromatic carbocycles. The third-order valence-electron chi connectivity index (χ3n) is 3.29. The Morgan fingerprint density at radius 2 is 2.00 bits per heavy atom. The number of aliphatic imine (C=N–C) groups is 1. The summed E-state index contributed by atoms with van der Waals surface area (Å²) in [5.41, 5.74) is 4.10. The Bertz CT molecular complexity index is 625. The maximum absolute atomic E-state index is 12.9. The summed E-state index contributed by atoms with van der Waals surface area (Å²) in [4.78, 5) is 5.83. The summed E-state index contributed by atoms with van der Waals surface area (Å²) < 4.78 is 44.0.